The highest BCUT2D eigenvalue weighted by atomic mass is 16.4. The van der Waals surface area contributed by atoms with Crippen LogP contribution in [-0.2, 0) is 0 Å². The van der Waals surface area contributed by atoms with Crippen molar-refractivity contribution in [2.45, 2.75) is 27.2 Å². The Labute approximate surface area is 114 Å². The summed E-state index contributed by atoms with van der Waals surface area (Å²) in [6.45, 7) is 8.43. The minimum absolute atomic E-state index is 0.238. The molecule has 1 saturated heterocycles. The normalized spacial score (nSPS) is 19.7. The molecule has 1 aromatic carbocycles. The van der Waals surface area contributed by atoms with Crippen molar-refractivity contribution < 1.29 is 9.90 Å². The van der Waals surface area contributed by atoms with E-state index >= 15 is 0 Å². The molecule has 0 radical (unpaired) electrons. The number of para-hydroxylation sites is 1. The summed E-state index contributed by atoms with van der Waals surface area (Å²) in [6, 6.07) is 5.09. The van der Waals surface area contributed by atoms with Gasteiger partial charge in [-0.2, -0.15) is 0 Å². The summed E-state index contributed by atoms with van der Waals surface area (Å²) >= 11 is 0. The fourth-order valence-electron chi connectivity index (χ4n) is 2.76. The zero-order chi connectivity index (χ0) is 14.2. The third kappa shape index (κ3) is 2.67. The van der Waals surface area contributed by atoms with Gasteiger partial charge < -0.3 is 15.7 Å². The largest absolute Gasteiger partial charge is 0.478 e. The van der Waals surface area contributed by atoms with Gasteiger partial charge in [0.1, 0.15) is 0 Å². The van der Waals surface area contributed by atoms with Gasteiger partial charge in [0.2, 0.25) is 0 Å². The number of rotatable bonds is 2. The standard InChI is InChI=1S/C15H22N2O2/c1-15(2,3)10-7-8-17(9-10)13-11(14(18)19)5-4-6-12(13)16/h4-6,10H,7-9,16H2,1-3H3,(H,18,19). The van der Waals surface area contributed by atoms with E-state index in [9.17, 15) is 9.90 Å². The van der Waals surface area contributed by atoms with Crippen molar-refractivity contribution in [2.24, 2.45) is 11.3 Å². The van der Waals surface area contributed by atoms with Gasteiger partial charge in [0, 0.05) is 13.1 Å². The van der Waals surface area contributed by atoms with Gasteiger partial charge in [-0.05, 0) is 29.9 Å². The Bertz CT molecular complexity index is 491. The molecule has 0 aliphatic carbocycles. The Balaban J connectivity index is 2.32. The number of nitrogens with two attached hydrogens (primary N) is 1. The lowest BCUT2D eigenvalue weighted by Crippen LogP contribution is -2.27. The average molecular weight is 262 g/mol. The molecule has 4 heteroatoms. The van der Waals surface area contributed by atoms with Crippen LogP contribution < -0.4 is 10.6 Å². The molecule has 1 fully saturated rings. The molecule has 0 amide bonds. The second-order valence-electron chi connectivity index (χ2n) is 6.35. The first-order chi connectivity index (χ1) is 8.80. The molecule has 1 aliphatic rings. The molecule has 1 atom stereocenters. The Kier molecular flexibility index (Phi) is 3.43. The van der Waals surface area contributed by atoms with Crippen LogP contribution in [0.2, 0.25) is 0 Å². The monoisotopic (exact) mass is 262 g/mol. The molecule has 0 aromatic heterocycles. The van der Waals surface area contributed by atoms with Crippen LogP contribution in [0.25, 0.3) is 0 Å². The molecule has 0 bridgehead atoms. The summed E-state index contributed by atoms with van der Waals surface area (Å²) in [5.41, 5.74) is 7.76. The molecule has 2 rings (SSSR count). The van der Waals surface area contributed by atoms with Crippen LogP contribution in [0.4, 0.5) is 11.4 Å². The van der Waals surface area contributed by atoms with Gasteiger partial charge in [-0.1, -0.05) is 26.8 Å². The second kappa shape index (κ2) is 4.76. The van der Waals surface area contributed by atoms with Crippen LogP contribution in [0.15, 0.2) is 18.2 Å². The van der Waals surface area contributed by atoms with Crippen LogP contribution in [0.5, 0.6) is 0 Å². The van der Waals surface area contributed by atoms with Gasteiger partial charge >= 0.3 is 5.97 Å². The number of hydrogen-bond acceptors (Lipinski definition) is 3. The quantitative estimate of drug-likeness (QED) is 0.804. The Morgan fingerprint density at radius 2 is 2.11 bits per heavy atom. The predicted octanol–water partition coefficient (Wildman–Crippen LogP) is 2.84. The molecule has 0 spiro atoms. The van der Waals surface area contributed by atoms with Crippen molar-refractivity contribution in [3.63, 3.8) is 0 Å². The van der Waals surface area contributed by atoms with E-state index < -0.39 is 5.97 Å². The molecular formula is C15H22N2O2. The van der Waals surface area contributed by atoms with Crippen molar-refractivity contribution in [1.82, 2.24) is 0 Å². The zero-order valence-corrected chi connectivity index (χ0v) is 11.8. The minimum Gasteiger partial charge on any atom is -0.478 e. The van der Waals surface area contributed by atoms with E-state index in [-0.39, 0.29) is 5.41 Å². The number of aromatic carboxylic acids is 1. The Hall–Kier alpha value is -1.71. The fraction of sp³-hybridized carbons (Fsp3) is 0.533. The molecule has 104 valence electrons. The van der Waals surface area contributed by atoms with Gasteiger partial charge in [-0.15, -0.1) is 0 Å². The molecule has 1 aliphatic heterocycles. The summed E-state index contributed by atoms with van der Waals surface area (Å²) in [5.74, 6) is -0.352. The topological polar surface area (TPSA) is 66.6 Å². The van der Waals surface area contributed by atoms with Crippen LogP contribution in [0.3, 0.4) is 0 Å². The van der Waals surface area contributed by atoms with Crippen LogP contribution in [-0.4, -0.2) is 24.2 Å². The number of nitrogen functional groups attached to an aromatic ring is 1. The zero-order valence-electron chi connectivity index (χ0n) is 11.8. The lowest BCUT2D eigenvalue weighted by atomic mass is 9.80. The van der Waals surface area contributed by atoms with E-state index in [0.29, 0.717) is 22.9 Å². The lowest BCUT2D eigenvalue weighted by molar-refractivity contribution is 0.0697. The van der Waals surface area contributed by atoms with Gasteiger partial charge in [-0.3, -0.25) is 0 Å². The second-order valence-corrected chi connectivity index (χ2v) is 6.35. The number of benzene rings is 1. The third-order valence-corrected chi connectivity index (χ3v) is 4.03. The van der Waals surface area contributed by atoms with E-state index in [1.165, 1.54) is 0 Å². The number of anilines is 2. The molecule has 1 heterocycles. The highest BCUT2D eigenvalue weighted by Crippen LogP contribution is 2.38. The highest BCUT2D eigenvalue weighted by molar-refractivity contribution is 5.98. The molecule has 3 N–H and O–H groups in total. The number of carboxylic acid groups (broad SMARTS) is 1. The lowest BCUT2D eigenvalue weighted by Gasteiger charge is -2.28. The fourth-order valence-corrected chi connectivity index (χ4v) is 2.76. The van der Waals surface area contributed by atoms with E-state index in [0.717, 1.165) is 19.5 Å². The van der Waals surface area contributed by atoms with Gasteiger partial charge in [0.25, 0.3) is 0 Å². The van der Waals surface area contributed by atoms with Gasteiger partial charge in [0.15, 0.2) is 0 Å². The van der Waals surface area contributed by atoms with Crippen LogP contribution in [0, 0.1) is 11.3 Å². The first-order valence-corrected chi connectivity index (χ1v) is 6.67. The average Bonchev–Trinajstić information content (AvgIpc) is 2.77. The van der Waals surface area contributed by atoms with E-state index in [1.54, 1.807) is 18.2 Å². The van der Waals surface area contributed by atoms with Gasteiger partial charge in [-0.25, -0.2) is 4.79 Å². The summed E-state index contributed by atoms with van der Waals surface area (Å²) < 4.78 is 0. The molecule has 19 heavy (non-hydrogen) atoms. The van der Waals surface area contributed by atoms with E-state index in [2.05, 4.69) is 25.7 Å². The maximum absolute atomic E-state index is 11.3. The van der Waals surface area contributed by atoms with Crippen molar-refractivity contribution in [3.05, 3.63) is 23.8 Å². The summed E-state index contributed by atoms with van der Waals surface area (Å²) in [6.07, 6.45) is 1.08. The number of carbonyl (C=O) groups is 1. The number of carboxylic acids is 1. The Morgan fingerprint density at radius 3 is 2.63 bits per heavy atom. The number of nitrogens with zero attached hydrogens (tertiary/aromatic N) is 1. The smallest absolute Gasteiger partial charge is 0.337 e. The highest BCUT2D eigenvalue weighted by Gasteiger charge is 2.33. The van der Waals surface area contributed by atoms with E-state index in [4.69, 9.17) is 5.73 Å². The maximum Gasteiger partial charge on any atom is 0.337 e. The van der Waals surface area contributed by atoms with Crippen LogP contribution >= 0.6 is 0 Å². The van der Waals surface area contributed by atoms with Crippen molar-refractivity contribution in [2.75, 3.05) is 23.7 Å². The van der Waals surface area contributed by atoms with Crippen molar-refractivity contribution >= 4 is 17.3 Å². The molecular weight excluding hydrogens is 240 g/mol. The summed E-state index contributed by atoms with van der Waals surface area (Å²) in [4.78, 5) is 13.4. The summed E-state index contributed by atoms with van der Waals surface area (Å²) in [7, 11) is 0. The Morgan fingerprint density at radius 1 is 1.42 bits per heavy atom. The first kappa shape index (κ1) is 13.7. The molecule has 0 saturated carbocycles. The van der Waals surface area contributed by atoms with Crippen LogP contribution in [0.1, 0.15) is 37.6 Å². The van der Waals surface area contributed by atoms with Crippen molar-refractivity contribution in [1.29, 1.82) is 0 Å². The molecule has 4 nitrogen and oxygen atoms in total. The van der Waals surface area contributed by atoms with Gasteiger partial charge in [0.05, 0.1) is 16.9 Å². The third-order valence-electron chi connectivity index (χ3n) is 4.03. The predicted molar refractivity (Wildman–Crippen MR) is 77.6 cm³/mol. The first-order valence-electron chi connectivity index (χ1n) is 6.67. The maximum atomic E-state index is 11.3. The molecule has 1 unspecified atom stereocenters. The summed E-state index contributed by atoms with van der Waals surface area (Å²) in [5, 5.41) is 9.29. The van der Waals surface area contributed by atoms with E-state index in [1.807, 2.05) is 0 Å². The minimum atomic E-state index is -0.915. The molecule has 1 aromatic rings. The van der Waals surface area contributed by atoms with Crippen molar-refractivity contribution in [3.8, 4) is 0 Å². The SMILES string of the molecule is CC(C)(C)C1CCN(c2c(N)cccc2C(=O)O)C1. The number of hydrogen-bond donors (Lipinski definition) is 2.